The molecular formula is C17H24N2O4S. The number of benzene rings is 1. The average molecular weight is 352 g/mol. The monoisotopic (exact) mass is 352 g/mol. The van der Waals surface area contributed by atoms with Crippen molar-refractivity contribution >= 4 is 15.9 Å². The molecule has 1 aromatic rings. The summed E-state index contributed by atoms with van der Waals surface area (Å²) in [4.78, 5) is 14.4. The van der Waals surface area contributed by atoms with Crippen LogP contribution in [0.1, 0.15) is 36.5 Å². The second-order valence-electron chi connectivity index (χ2n) is 6.39. The van der Waals surface area contributed by atoms with Crippen molar-refractivity contribution < 1.29 is 17.9 Å². The number of sulfonamides is 1. The zero-order valence-corrected chi connectivity index (χ0v) is 14.8. The summed E-state index contributed by atoms with van der Waals surface area (Å²) in [5.74, 6) is -0.0754. The van der Waals surface area contributed by atoms with Gasteiger partial charge in [-0.3, -0.25) is 4.79 Å². The fourth-order valence-corrected chi connectivity index (χ4v) is 4.98. The minimum absolute atomic E-state index is 0.0263. The number of nitrogens with zero attached hydrogens (tertiary/aromatic N) is 2. The fourth-order valence-electron chi connectivity index (χ4n) is 3.28. The fraction of sp³-hybridized carbons (Fsp3) is 0.588. The van der Waals surface area contributed by atoms with Crippen molar-refractivity contribution in [3.63, 3.8) is 0 Å². The second-order valence-corrected chi connectivity index (χ2v) is 8.28. The first-order valence-corrected chi connectivity index (χ1v) is 9.93. The van der Waals surface area contributed by atoms with Crippen LogP contribution in [0.2, 0.25) is 0 Å². The average Bonchev–Trinajstić information content (AvgIpc) is 2.62. The summed E-state index contributed by atoms with van der Waals surface area (Å²) in [7, 11) is -3.49. The molecule has 132 valence electrons. The summed E-state index contributed by atoms with van der Waals surface area (Å²) < 4.78 is 32.4. The molecule has 0 spiro atoms. The molecule has 1 amide bonds. The van der Waals surface area contributed by atoms with Gasteiger partial charge in [-0.25, -0.2) is 8.42 Å². The van der Waals surface area contributed by atoms with E-state index in [9.17, 15) is 13.2 Å². The Hall–Kier alpha value is -1.44. The molecular weight excluding hydrogens is 328 g/mol. The first-order valence-electron chi connectivity index (χ1n) is 8.49. The zero-order valence-electron chi connectivity index (χ0n) is 14.0. The van der Waals surface area contributed by atoms with Gasteiger partial charge in [-0.1, -0.05) is 6.42 Å². The van der Waals surface area contributed by atoms with E-state index in [0.29, 0.717) is 38.4 Å². The third-order valence-corrected chi connectivity index (χ3v) is 6.78. The van der Waals surface area contributed by atoms with Crippen LogP contribution in [0.5, 0.6) is 0 Å². The number of piperidine rings is 1. The minimum atomic E-state index is -3.49. The van der Waals surface area contributed by atoms with Gasteiger partial charge in [0.15, 0.2) is 0 Å². The van der Waals surface area contributed by atoms with Crippen LogP contribution in [0.15, 0.2) is 29.2 Å². The molecule has 7 heteroatoms. The van der Waals surface area contributed by atoms with E-state index in [0.717, 1.165) is 19.3 Å². The lowest BCUT2D eigenvalue weighted by atomic mass is 10.1. The Kier molecular flexibility index (Phi) is 5.22. The highest BCUT2D eigenvalue weighted by Gasteiger charge is 2.31. The number of rotatable bonds is 3. The SMILES string of the molecule is C[C@@H]1CCCCN1S(=O)(=O)c1ccc(C(=O)N2CCOCC2)cc1. The van der Waals surface area contributed by atoms with Gasteiger partial charge in [0.25, 0.3) is 5.91 Å². The number of ether oxygens (including phenoxy) is 1. The summed E-state index contributed by atoms with van der Waals surface area (Å²) >= 11 is 0. The van der Waals surface area contributed by atoms with Crippen molar-refractivity contribution in [3.05, 3.63) is 29.8 Å². The molecule has 1 aromatic carbocycles. The number of carbonyl (C=O) groups excluding carboxylic acids is 1. The van der Waals surface area contributed by atoms with Gasteiger partial charge in [0, 0.05) is 31.2 Å². The number of amides is 1. The highest BCUT2D eigenvalue weighted by atomic mass is 32.2. The topological polar surface area (TPSA) is 66.9 Å². The van der Waals surface area contributed by atoms with E-state index in [1.165, 1.54) is 0 Å². The molecule has 6 nitrogen and oxygen atoms in total. The van der Waals surface area contributed by atoms with E-state index in [2.05, 4.69) is 0 Å². The van der Waals surface area contributed by atoms with Crippen LogP contribution in [0.4, 0.5) is 0 Å². The normalized spacial score (nSPS) is 23.2. The van der Waals surface area contributed by atoms with Gasteiger partial charge in [-0.2, -0.15) is 4.31 Å². The molecule has 3 rings (SSSR count). The third-order valence-electron chi connectivity index (χ3n) is 4.75. The molecule has 0 saturated carbocycles. The molecule has 0 aromatic heterocycles. The molecule has 1 atom stereocenters. The van der Waals surface area contributed by atoms with E-state index in [4.69, 9.17) is 4.74 Å². The van der Waals surface area contributed by atoms with Crippen molar-refractivity contribution in [1.29, 1.82) is 0 Å². The van der Waals surface area contributed by atoms with Crippen LogP contribution < -0.4 is 0 Å². The Morgan fingerprint density at radius 2 is 1.75 bits per heavy atom. The molecule has 0 radical (unpaired) electrons. The molecule has 2 saturated heterocycles. The first-order chi connectivity index (χ1) is 11.5. The first kappa shape index (κ1) is 17.4. The number of hydrogen-bond donors (Lipinski definition) is 0. The third kappa shape index (κ3) is 3.48. The summed E-state index contributed by atoms with van der Waals surface area (Å²) in [5.41, 5.74) is 0.516. The van der Waals surface area contributed by atoms with Gasteiger partial charge in [-0.05, 0) is 44.0 Å². The molecule has 2 heterocycles. The zero-order chi connectivity index (χ0) is 17.2. The maximum atomic E-state index is 12.8. The molecule has 2 fully saturated rings. The number of hydrogen-bond acceptors (Lipinski definition) is 4. The Morgan fingerprint density at radius 3 is 2.38 bits per heavy atom. The van der Waals surface area contributed by atoms with Crippen LogP contribution in [0.25, 0.3) is 0 Å². The van der Waals surface area contributed by atoms with Crippen LogP contribution in [-0.4, -0.2) is 62.4 Å². The van der Waals surface area contributed by atoms with Gasteiger partial charge in [0.2, 0.25) is 10.0 Å². The lowest BCUT2D eigenvalue weighted by Crippen LogP contribution is -2.42. The molecule has 2 aliphatic rings. The van der Waals surface area contributed by atoms with Gasteiger partial charge in [0.05, 0.1) is 18.1 Å². The number of morpholine rings is 1. The number of carbonyl (C=O) groups is 1. The van der Waals surface area contributed by atoms with Crippen LogP contribution in [-0.2, 0) is 14.8 Å². The Morgan fingerprint density at radius 1 is 1.08 bits per heavy atom. The van der Waals surface area contributed by atoms with Crippen molar-refractivity contribution in [1.82, 2.24) is 9.21 Å². The molecule has 2 aliphatic heterocycles. The quantitative estimate of drug-likeness (QED) is 0.831. The summed E-state index contributed by atoms with van der Waals surface area (Å²) in [6, 6.07) is 6.34. The maximum Gasteiger partial charge on any atom is 0.254 e. The Labute approximate surface area is 143 Å². The van der Waals surface area contributed by atoms with Crippen LogP contribution in [0.3, 0.4) is 0 Å². The van der Waals surface area contributed by atoms with E-state index in [-0.39, 0.29) is 16.8 Å². The van der Waals surface area contributed by atoms with Crippen molar-refractivity contribution in [3.8, 4) is 0 Å². The Bertz CT molecular complexity index is 681. The highest BCUT2D eigenvalue weighted by molar-refractivity contribution is 7.89. The smallest absolute Gasteiger partial charge is 0.254 e. The predicted molar refractivity (Wildman–Crippen MR) is 90.4 cm³/mol. The molecule has 0 aliphatic carbocycles. The molecule has 0 bridgehead atoms. The molecule has 24 heavy (non-hydrogen) atoms. The molecule has 0 unspecified atom stereocenters. The van der Waals surface area contributed by atoms with Crippen LogP contribution in [0, 0.1) is 0 Å². The van der Waals surface area contributed by atoms with Crippen molar-refractivity contribution in [2.75, 3.05) is 32.8 Å². The van der Waals surface area contributed by atoms with E-state index < -0.39 is 10.0 Å². The minimum Gasteiger partial charge on any atom is -0.378 e. The van der Waals surface area contributed by atoms with E-state index in [1.54, 1.807) is 33.5 Å². The van der Waals surface area contributed by atoms with E-state index >= 15 is 0 Å². The summed E-state index contributed by atoms with van der Waals surface area (Å²) in [6.07, 6.45) is 2.87. The highest BCUT2D eigenvalue weighted by Crippen LogP contribution is 2.25. The van der Waals surface area contributed by atoms with Crippen molar-refractivity contribution in [2.24, 2.45) is 0 Å². The second kappa shape index (κ2) is 7.21. The predicted octanol–water partition coefficient (Wildman–Crippen LogP) is 1.72. The van der Waals surface area contributed by atoms with Gasteiger partial charge < -0.3 is 9.64 Å². The van der Waals surface area contributed by atoms with Gasteiger partial charge >= 0.3 is 0 Å². The maximum absolute atomic E-state index is 12.8. The van der Waals surface area contributed by atoms with Crippen molar-refractivity contribution in [2.45, 2.75) is 37.1 Å². The Balaban J connectivity index is 1.77. The largest absolute Gasteiger partial charge is 0.378 e. The van der Waals surface area contributed by atoms with Gasteiger partial charge in [0.1, 0.15) is 0 Å². The lowest BCUT2D eigenvalue weighted by molar-refractivity contribution is 0.0303. The lowest BCUT2D eigenvalue weighted by Gasteiger charge is -2.32. The van der Waals surface area contributed by atoms with E-state index in [1.807, 2.05) is 6.92 Å². The molecule has 0 N–H and O–H groups in total. The van der Waals surface area contributed by atoms with Gasteiger partial charge in [-0.15, -0.1) is 0 Å². The van der Waals surface area contributed by atoms with Crippen LogP contribution >= 0.6 is 0 Å². The standard InChI is InChI=1S/C17H24N2O4S/c1-14-4-2-3-9-19(14)24(21,22)16-7-5-15(6-8-16)17(20)18-10-12-23-13-11-18/h5-8,14H,2-4,9-13H2,1H3/t14-/m1/s1. The summed E-state index contributed by atoms with van der Waals surface area (Å²) in [5, 5.41) is 0. The summed E-state index contributed by atoms with van der Waals surface area (Å²) in [6.45, 7) is 4.76.